The number of thiazole rings is 1. The Bertz CT molecular complexity index is 1480. The van der Waals surface area contributed by atoms with Crippen molar-refractivity contribution >= 4 is 28.9 Å². The zero-order valence-corrected chi connectivity index (χ0v) is 23.0. The lowest BCUT2D eigenvalue weighted by atomic mass is 10.0. The molecule has 0 aliphatic rings. The number of aliphatic carboxylic acids is 1. The topological polar surface area (TPSA) is 68.7 Å². The van der Waals surface area contributed by atoms with E-state index in [0.717, 1.165) is 23.3 Å². The molecule has 1 aromatic heterocycles. The van der Waals surface area contributed by atoms with E-state index in [1.54, 1.807) is 19.1 Å². The Hall–Kier alpha value is -3.63. The van der Waals surface area contributed by atoms with Crippen LogP contribution in [0.25, 0.3) is 10.6 Å². The standard InChI is InChI=1S/C29H24ClF4NO4S/c1-16-14-21(12-8-18(16)9-13-25(36)37)39-17(2)27-24(15-38-26-22(30)4-3-5-23(26)31)35-28(40-27)19-6-10-20(11-7-19)29(32,33)34/h3-8,10-12,14,17H,9,13,15H2,1-2H3,(H,36,37)/t17-/m1/s1. The number of aryl methyl sites for hydroxylation is 2. The Balaban J connectivity index is 1.62. The average Bonchev–Trinajstić information content (AvgIpc) is 3.32. The van der Waals surface area contributed by atoms with Gasteiger partial charge in [0.1, 0.15) is 23.5 Å². The molecule has 0 amide bonds. The van der Waals surface area contributed by atoms with Crippen molar-refractivity contribution in [3.8, 4) is 22.1 Å². The smallest absolute Gasteiger partial charge is 0.416 e. The van der Waals surface area contributed by atoms with E-state index in [2.05, 4.69) is 4.98 Å². The summed E-state index contributed by atoms with van der Waals surface area (Å²) in [4.78, 5) is 16.1. The molecule has 5 nitrogen and oxygen atoms in total. The number of halogens is 5. The van der Waals surface area contributed by atoms with Gasteiger partial charge in [0.2, 0.25) is 0 Å². The Morgan fingerprint density at radius 2 is 1.85 bits per heavy atom. The number of alkyl halides is 3. The summed E-state index contributed by atoms with van der Waals surface area (Å²) in [6, 6.07) is 14.2. The number of carboxylic acid groups (broad SMARTS) is 1. The quantitative estimate of drug-likeness (QED) is 0.186. The van der Waals surface area contributed by atoms with Crippen LogP contribution in [-0.4, -0.2) is 16.1 Å². The summed E-state index contributed by atoms with van der Waals surface area (Å²) in [6.07, 6.45) is -4.61. The van der Waals surface area contributed by atoms with Crippen LogP contribution in [0, 0.1) is 12.7 Å². The molecule has 0 bridgehead atoms. The minimum Gasteiger partial charge on any atom is -0.485 e. The largest absolute Gasteiger partial charge is 0.485 e. The molecule has 3 aromatic carbocycles. The van der Waals surface area contributed by atoms with Crippen LogP contribution in [0.3, 0.4) is 0 Å². The van der Waals surface area contributed by atoms with Crippen molar-refractivity contribution in [2.45, 2.75) is 45.6 Å². The van der Waals surface area contributed by atoms with Gasteiger partial charge in [-0.15, -0.1) is 11.3 Å². The van der Waals surface area contributed by atoms with Crippen LogP contribution < -0.4 is 9.47 Å². The van der Waals surface area contributed by atoms with Crippen molar-refractivity contribution < 1.29 is 36.9 Å². The Morgan fingerprint density at radius 1 is 1.12 bits per heavy atom. The Kier molecular flexibility index (Phi) is 9.00. The fourth-order valence-electron chi connectivity index (χ4n) is 3.99. The molecule has 1 atom stereocenters. The van der Waals surface area contributed by atoms with Gasteiger partial charge >= 0.3 is 12.1 Å². The summed E-state index contributed by atoms with van der Waals surface area (Å²) >= 11 is 7.32. The van der Waals surface area contributed by atoms with E-state index in [1.165, 1.54) is 41.7 Å². The van der Waals surface area contributed by atoms with Crippen molar-refractivity contribution in [1.82, 2.24) is 4.98 Å². The highest BCUT2D eigenvalue weighted by atomic mass is 35.5. The summed E-state index contributed by atoms with van der Waals surface area (Å²) in [5, 5.41) is 9.48. The van der Waals surface area contributed by atoms with Gasteiger partial charge in [0.15, 0.2) is 11.6 Å². The van der Waals surface area contributed by atoms with E-state index in [1.807, 2.05) is 13.0 Å². The molecular formula is C29H24ClF4NO4S. The molecule has 0 saturated carbocycles. The first-order valence-corrected chi connectivity index (χ1v) is 13.3. The Labute approximate surface area is 237 Å². The summed E-state index contributed by atoms with van der Waals surface area (Å²) in [7, 11) is 0. The molecule has 0 unspecified atom stereocenters. The van der Waals surface area contributed by atoms with Gasteiger partial charge in [-0.2, -0.15) is 13.2 Å². The van der Waals surface area contributed by atoms with Gasteiger partial charge in [0.25, 0.3) is 0 Å². The normalized spacial score (nSPS) is 12.3. The molecule has 40 heavy (non-hydrogen) atoms. The molecular weight excluding hydrogens is 570 g/mol. The van der Waals surface area contributed by atoms with Crippen molar-refractivity contribution in [3.05, 3.63) is 98.8 Å². The lowest BCUT2D eigenvalue weighted by molar-refractivity contribution is -0.138. The van der Waals surface area contributed by atoms with Gasteiger partial charge in [0, 0.05) is 12.0 Å². The number of nitrogens with zero attached hydrogens (tertiary/aromatic N) is 1. The van der Waals surface area contributed by atoms with E-state index in [0.29, 0.717) is 33.3 Å². The maximum absolute atomic E-state index is 14.3. The lowest BCUT2D eigenvalue weighted by Gasteiger charge is -2.16. The molecule has 0 spiro atoms. The molecule has 0 fully saturated rings. The zero-order valence-electron chi connectivity index (χ0n) is 21.4. The van der Waals surface area contributed by atoms with E-state index in [9.17, 15) is 22.4 Å². The molecule has 0 radical (unpaired) electrons. The predicted molar refractivity (Wildman–Crippen MR) is 144 cm³/mol. The van der Waals surface area contributed by atoms with Gasteiger partial charge in [-0.05, 0) is 67.8 Å². The summed E-state index contributed by atoms with van der Waals surface area (Å²) in [5.41, 5.74) is 1.88. The number of hydrogen-bond donors (Lipinski definition) is 1. The van der Waals surface area contributed by atoms with Gasteiger partial charge in [0.05, 0.1) is 21.2 Å². The monoisotopic (exact) mass is 593 g/mol. The van der Waals surface area contributed by atoms with Crippen molar-refractivity contribution in [2.24, 2.45) is 0 Å². The number of ether oxygens (including phenoxy) is 2. The highest BCUT2D eigenvalue weighted by molar-refractivity contribution is 7.15. The molecule has 11 heteroatoms. The first-order valence-electron chi connectivity index (χ1n) is 12.1. The molecule has 4 aromatic rings. The first-order chi connectivity index (χ1) is 18.9. The summed E-state index contributed by atoms with van der Waals surface area (Å²) < 4.78 is 65.3. The maximum atomic E-state index is 14.3. The minimum atomic E-state index is -4.46. The van der Waals surface area contributed by atoms with Crippen LogP contribution in [0.1, 0.15) is 46.7 Å². The third-order valence-electron chi connectivity index (χ3n) is 6.06. The second kappa shape index (κ2) is 12.3. The van der Waals surface area contributed by atoms with E-state index in [-0.39, 0.29) is 23.8 Å². The Morgan fingerprint density at radius 3 is 2.48 bits per heavy atom. The van der Waals surface area contributed by atoms with Crippen molar-refractivity contribution in [1.29, 1.82) is 0 Å². The molecule has 1 N–H and O–H groups in total. The molecule has 0 aliphatic heterocycles. The van der Waals surface area contributed by atoms with Crippen molar-refractivity contribution in [2.75, 3.05) is 0 Å². The van der Waals surface area contributed by atoms with Crippen LogP contribution >= 0.6 is 22.9 Å². The SMILES string of the molecule is Cc1cc(O[C@H](C)c2sc(-c3ccc(C(F)(F)F)cc3)nc2COc2c(F)cccc2Cl)ccc1CCC(=O)O. The molecule has 1 heterocycles. The van der Waals surface area contributed by atoms with Crippen LogP contribution in [-0.2, 0) is 24.0 Å². The number of para-hydroxylation sites is 1. The van der Waals surface area contributed by atoms with Gasteiger partial charge in [-0.1, -0.05) is 35.9 Å². The van der Waals surface area contributed by atoms with Crippen LogP contribution in [0.5, 0.6) is 11.5 Å². The second-order valence-corrected chi connectivity index (χ2v) is 10.4. The number of benzene rings is 3. The third-order valence-corrected chi connectivity index (χ3v) is 7.67. The van der Waals surface area contributed by atoms with Crippen LogP contribution in [0.15, 0.2) is 60.7 Å². The van der Waals surface area contributed by atoms with Crippen LogP contribution in [0.4, 0.5) is 17.6 Å². The van der Waals surface area contributed by atoms with E-state index >= 15 is 0 Å². The second-order valence-electron chi connectivity index (χ2n) is 8.99. The van der Waals surface area contributed by atoms with Gasteiger partial charge in [-0.25, -0.2) is 9.37 Å². The zero-order chi connectivity index (χ0) is 29.0. The fraction of sp³-hybridized carbons (Fsp3) is 0.241. The highest BCUT2D eigenvalue weighted by Gasteiger charge is 2.30. The first kappa shape index (κ1) is 29.4. The highest BCUT2D eigenvalue weighted by Crippen LogP contribution is 2.37. The number of carbonyl (C=O) groups is 1. The minimum absolute atomic E-state index is 0.0143. The van der Waals surface area contributed by atoms with Crippen molar-refractivity contribution in [3.63, 3.8) is 0 Å². The average molecular weight is 594 g/mol. The number of carboxylic acids is 1. The van der Waals surface area contributed by atoms with Gasteiger partial charge in [-0.3, -0.25) is 4.79 Å². The van der Waals surface area contributed by atoms with E-state index in [4.69, 9.17) is 26.2 Å². The predicted octanol–water partition coefficient (Wildman–Crippen LogP) is 8.67. The number of rotatable bonds is 10. The molecule has 4 rings (SSSR count). The van der Waals surface area contributed by atoms with Crippen LogP contribution in [0.2, 0.25) is 5.02 Å². The molecule has 210 valence electrons. The number of aromatic nitrogens is 1. The van der Waals surface area contributed by atoms with E-state index < -0.39 is 29.6 Å². The summed E-state index contributed by atoms with van der Waals surface area (Å²) in [6.45, 7) is 3.49. The summed E-state index contributed by atoms with van der Waals surface area (Å²) in [5.74, 6) is -1.12. The third kappa shape index (κ3) is 7.11. The lowest BCUT2D eigenvalue weighted by Crippen LogP contribution is -2.07. The fourth-order valence-corrected chi connectivity index (χ4v) is 5.26. The number of hydrogen-bond acceptors (Lipinski definition) is 5. The van der Waals surface area contributed by atoms with Gasteiger partial charge < -0.3 is 14.6 Å². The molecule has 0 saturated heterocycles. The molecule has 0 aliphatic carbocycles. The maximum Gasteiger partial charge on any atom is 0.416 e.